The van der Waals surface area contributed by atoms with E-state index in [1.54, 1.807) is 13.8 Å². The molecule has 2 rings (SSSR count). The van der Waals surface area contributed by atoms with Crippen molar-refractivity contribution in [1.29, 1.82) is 0 Å². The summed E-state index contributed by atoms with van der Waals surface area (Å²) in [4.78, 5) is 30.6. The Kier molecular flexibility index (Phi) is 5.38. The Hall–Kier alpha value is -2.08. The molecule has 22 heavy (non-hydrogen) atoms. The van der Waals surface area contributed by atoms with Gasteiger partial charge in [0, 0.05) is 11.3 Å². The number of nitrogens with one attached hydrogen (secondary N) is 2. The topological polar surface area (TPSA) is 74.8 Å². The number of aromatic amines is 1. The van der Waals surface area contributed by atoms with Crippen LogP contribution in [-0.4, -0.2) is 21.6 Å². The molecule has 0 aliphatic rings. The standard InChI is InChI=1S/C16H19N3O2S/c1-10-11(2)18-16(19-15(10)21)22-9-14(20)17-12(3)13-7-5-4-6-8-13/h4-8,12H,9H2,1-3H3,(H,17,20)(H,18,19,21)/t12-/m1/s1. The molecule has 0 unspecified atom stereocenters. The van der Waals surface area contributed by atoms with E-state index in [9.17, 15) is 9.59 Å². The first-order chi connectivity index (χ1) is 10.5. The summed E-state index contributed by atoms with van der Waals surface area (Å²) in [5.74, 6) is 0.116. The van der Waals surface area contributed by atoms with Crippen LogP contribution >= 0.6 is 11.8 Å². The lowest BCUT2D eigenvalue weighted by atomic mass is 10.1. The van der Waals surface area contributed by atoms with Gasteiger partial charge < -0.3 is 10.3 Å². The monoisotopic (exact) mass is 317 g/mol. The zero-order chi connectivity index (χ0) is 16.1. The number of benzene rings is 1. The molecule has 0 radical (unpaired) electrons. The van der Waals surface area contributed by atoms with Crippen molar-refractivity contribution in [3.8, 4) is 0 Å². The zero-order valence-electron chi connectivity index (χ0n) is 12.8. The van der Waals surface area contributed by atoms with E-state index in [-0.39, 0.29) is 23.3 Å². The van der Waals surface area contributed by atoms with Gasteiger partial charge in [-0.05, 0) is 26.3 Å². The first-order valence-corrected chi connectivity index (χ1v) is 8.00. The highest BCUT2D eigenvalue weighted by atomic mass is 32.2. The first-order valence-electron chi connectivity index (χ1n) is 7.02. The molecular weight excluding hydrogens is 298 g/mol. The Morgan fingerprint density at radius 3 is 2.64 bits per heavy atom. The molecule has 0 saturated heterocycles. The molecule has 0 aliphatic carbocycles. The van der Waals surface area contributed by atoms with Crippen molar-refractivity contribution in [3.05, 3.63) is 57.5 Å². The molecule has 1 aromatic carbocycles. The van der Waals surface area contributed by atoms with Crippen molar-refractivity contribution in [2.24, 2.45) is 0 Å². The van der Waals surface area contributed by atoms with Crippen molar-refractivity contribution in [3.63, 3.8) is 0 Å². The van der Waals surface area contributed by atoms with E-state index in [1.807, 2.05) is 37.3 Å². The average Bonchev–Trinajstić information content (AvgIpc) is 2.51. The third-order valence-corrected chi connectivity index (χ3v) is 4.26. The van der Waals surface area contributed by atoms with Crippen LogP contribution in [0.3, 0.4) is 0 Å². The molecule has 1 heterocycles. The van der Waals surface area contributed by atoms with E-state index in [2.05, 4.69) is 15.3 Å². The van der Waals surface area contributed by atoms with E-state index >= 15 is 0 Å². The number of carbonyl (C=O) groups excluding carboxylic acids is 1. The van der Waals surface area contributed by atoms with Gasteiger partial charge in [0.1, 0.15) is 0 Å². The predicted molar refractivity (Wildman–Crippen MR) is 88.1 cm³/mol. The second-order valence-corrected chi connectivity index (χ2v) is 6.03. The molecule has 0 saturated carbocycles. The number of aromatic nitrogens is 2. The third-order valence-electron chi connectivity index (χ3n) is 3.39. The second kappa shape index (κ2) is 7.26. The summed E-state index contributed by atoms with van der Waals surface area (Å²) in [6.07, 6.45) is 0. The van der Waals surface area contributed by atoms with Crippen LogP contribution in [0, 0.1) is 13.8 Å². The highest BCUT2D eigenvalue weighted by Gasteiger charge is 2.11. The fourth-order valence-electron chi connectivity index (χ4n) is 1.93. The number of H-pyrrole nitrogens is 1. The Labute approximate surface area is 133 Å². The fourth-order valence-corrected chi connectivity index (χ4v) is 2.65. The molecule has 2 aromatic rings. The molecule has 0 aliphatic heterocycles. The molecule has 0 bridgehead atoms. The quantitative estimate of drug-likeness (QED) is 0.656. The van der Waals surface area contributed by atoms with Crippen molar-refractivity contribution < 1.29 is 4.79 Å². The Morgan fingerprint density at radius 1 is 1.32 bits per heavy atom. The lowest BCUT2D eigenvalue weighted by Crippen LogP contribution is -2.28. The smallest absolute Gasteiger partial charge is 0.254 e. The second-order valence-electron chi connectivity index (χ2n) is 5.07. The molecule has 0 fully saturated rings. The third kappa shape index (κ3) is 4.21. The SMILES string of the molecule is Cc1nc(SCC(=O)N[C@H](C)c2ccccc2)[nH]c(=O)c1C. The van der Waals surface area contributed by atoms with Crippen LogP contribution in [0.1, 0.15) is 29.8 Å². The van der Waals surface area contributed by atoms with Crippen molar-refractivity contribution in [1.82, 2.24) is 15.3 Å². The van der Waals surface area contributed by atoms with Gasteiger partial charge in [0.15, 0.2) is 5.16 Å². The van der Waals surface area contributed by atoms with E-state index in [4.69, 9.17) is 0 Å². The number of thioether (sulfide) groups is 1. The van der Waals surface area contributed by atoms with Crippen LogP contribution in [0.4, 0.5) is 0 Å². The number of hydrogen-bond donors (Lipinski definition) is 2. The Morgan fingerprint density at radius 2 is 2.00 bits per heavy atom. The minimum Gasteiger partial charge on any atom is -0.349 e. The Bertz CT molecular complexity index is 713. The summed E-state index contributed by atoms with van der Waals surface area (Å²) in [6.45, 7) is 5.45. The van der Waals surface area contributed by atoms with Gasteiger partial charge in [-0.1, -0.05) is 42.1 Å². The molecule has 1 aromatic heterocycles. The highest BCUT2D eigenvalue weighted by molar-refractivity contribution is 7.99. The normalized spacial score (nSPS) is 12.0. The number of carbonyl (C=O) groups is 1. The molecule has 1 atom stereocenters. The van der Waals surface area contributed by atoms with Gasteiger partial charge in [0.05, 0.1) is 11.8 Å². The van der Waals surface area contributed by atoms with Crippen molar-refractivity contribution in [2.45, 2.75) is 32.0 Å². The van der Waals surface area contributed by atoms with Gasteiger partial charge in [-0.3, -0.25) is 9.59 Å². The molecular formula is C16H19N3O2S. The van der Waals surface area contributed by atoms with Crippen LogP contribution in [0.5, 0.6) is 0 Å². The zero-order valence-corrected chi connectivity index (χ0v) is 13.7. The van der Waals surface area contributed by atoms with Crippen molar-refractivity contribution >= 4 is 17.7 Å². The van der Waals surface area contributed by atoms with Gasteiger partial charge >= 0.3 is 0 Å². The van der Waals surface area contributed by atoms with Crippen LogP contribution < -0.4 is 10.9 Å². The summed E-state index contributed by atoms with van der Waals surface area (Å²) < 4.78 is 0. The van der Waals surface area contributed by atoms with Gasteiger partial charge in [-0.15, -0.1) is 0 Å². The Balaban J connectivity index is 1.92. The summed E-state index contributed by atoms with van der Waals surface area (Å²) >= 11 is 1.22. The van der Waals surface area contributed by atoms with Crippen LogP contribution in [0.2, 0.25) is 0 Å². The number of hydrogen-bond acceptors (Lipinski definition) is 4. The molecule has 5 nitrogen and oxygen atoms in total. The molecule has 2 N–H and O–H groups in total. The summed E-state index contributed by atoms with van der Waals surface area (Å²) in [7, 11) is 0. The van der Waals surface area contributed by atoms with Gasteiger partial charge in [0.25, 0.3) is 5.56 Å². The molecule has 0 spiro atoms. The summed E-state index contributed by atoms with van der Waals surface area (Å²) in [5, 5.41) is 3.40. The van der Waals surface area contributed by atoms with Gasteiger partial charge in [-0.2, -0.15) is 0 Å². The molecule has 6 heteroatoms. The van der Waals surface area contributed by atoms with Crippen molar-refractivity contribution in [2.75, 3.05) is 5.75 Å². The summed E-state index contributed by atoms with van der Waals surface area (Å²) in [5.41, 5.74) is 2.18. The minimum absolute atomic E-state index is 0.0546. The lowest BCUT2D eigenvalue weighted by molar-refractivity contribution is -0.119. The van der Waals surface area contributed by atoms with Crippen LogP contribution in [-0.2, 0) is 4.79 Å². The molecule has 1 amide bonds. The number of nitrogens with zero attached hydrogens (tertiary/aromatic N) is 1. The maximum atomic E-state index is 12.0. The maximum absolute atomic E-state index is 12.0. The first kappa shape index (κ1) is 16.3. The minimum atomic E-state index is -0.159. The fraction of sp³-hybridized carbons (Fsp3) is 0.312. The maximum Gasteiger partial charge on any atom is 0.254 e. The van der Waals surface area contributed by atoms with E-state index in [1.165, 1.54) is 11.8 Å². The highest BCUT2D eigenvalue weighted by Crippen LogP contribution is 2.14. The van der Waals surface area contributed by atoms with Gasteiger partial charge in [0.2, 0.25) is 5.91 Å². The van der Waals surface area contributed by atoms with E-state index in [0.29, 0.717) is 16.4 Å². The van der Waals surface area contributed by atoms with Gasteiger partial charge in [-0.25, -0.2) is 4.98 Å². The molecule has 116 valence electrons. The lowest BCUT2D eigenvalue weighted by Gasteiger charge is -2.14. The predicted octanol–water partition coefficient (Wildman–Crippen LogP) is 2.36. The van der Waals surface area contributed by atoms with Crippen LogP contribution in [0.25, 0.3) is 0 Å². The van der Waals surface area contributed by atoms with Crippen LogP contribution in [0.15, 0.2) is 40.3 Å². The number of rotatable bonds is 5. The number of aryl methyl sites for hydroxylation is 1. The summed E-state index contributed by atoms with van der Waals surface area (Å²) in [6, 6.07) is 9.71. The number of amides is 1. The van der Waals surface area contributed by atoms with E-state index < -0.39 is 0 Å². The van der Waals surface area contributed by atoms with E-state index in [0.717, 1.165) is 5.56 Å². The largest absolute Gasteiger partial charge is 0.349 e. The average molecular weight is 317 g/mol.